The van der Waals surface area contributed by atoms with Crippen LogP contribution in [0.5, 0.6) is 0 Å². The number of ether oxygens (including phenoxy) is 1. The Hall–Kier alpha value is -2.67. The van der Waals surface area contributed by atoms with Crippen LogP contribution in [0.1, 0.15) is 79.8 Å². The minimum atomic E-state index is -0.552. The van der Waals surface area contributed by atoms with Gasteiger partial charge in [-0.3, -0.25) is 0 Å². The van der Waals surface area contributed by atoms with Gasteiger partial charge in [0, 0.05) is 18.0 Å². The average molecular weight is 364 g/mol. The monoisotopic (exact) mass is 364 g/mol. The number of esters is 1. The molecule has 2 rings (SSSR count). The number of nitrogens with zero attached hydrogens (tertiary/aromatic N) is 2. The lowest BCUT2D eigenvalue weighted by molar-refractivity contribution is 0.0586. The molecule has 1 aromatic heterocycles. The fraction of sp³-hybridized carbons (Fsp3) is 0.435. The first-order chi connectivity index (χ1) is 12.9. The minimum absolute atomic E-state index is 0.0370. The Bertz CT molecular complexity index is 843. The van der Waals surface area contributed by atoms with Gasteiger partial charge in [-0.25, -0.2) is 14.8 Å². The lowest BCUT2D eigenvalue weighted by Crippen LogP contribution is -2.19. The van der Waals surface area contributed by atoms with Crippen molar-refractivity contribution in [2.24, 2.45) is 0 Å². The van der Waals surface area contributed by atoms with Gasteiger partial charge in [0.1, 0.15) is 0 Å². The van der Waals surface area contributed by atoms with E-state index in [-0.39, 0.29) is 11.2 Å². The van der Waals surface area contributed by atoms with Crippen molar-refractivity contribution in [3.8, 4) is 11.8 Å². The van der Waals surface area contributed by atoms with Gasteiger partial charge >= 0.3 is 5.97 Å². The van der Waals surface area contributed by atoms with E-state index >= 15 is 0 Å². The molecule has 0 amide bonds. The Kier molecular flexibility index (Phi) is 7.12. The molecule has 0 aliphatic rings. The highest BCUT2D eigenvalue weighted by Crippen LogP contribution is 2.32. The van der Waals surface area contributed by atoms with Gasteiger partial charge in [-0.05, 0) is 41.5 Å². The van der Waals surface area contributed by atoms with Gasteiger partial charge in [0.05, 0.1) is 12.7 Å². The van der Waals surface area contributed by atoms with Crippen LogP contribution < -0.4 is 0 Å². The van der Waals surface area contributed by atoms with Crippen LogP contribution in [-0.4, -0.2) is 23.0 Å². The standard InChI is InChI=1S/C23H28N2O2/c1-6-8-13-23(3,4)20-12-11-17(14-19(20)7-2)9-10-18-15-24-21(25-16-18)22(26)27-5/h11-12,14-16H,6-8,13H2,1-5H3. The summed E-state index contributed by atoms with van der Waals surface area (Å²) in [5.74, 6) is 5.72. The van der Waals surface area contributed by atoms with E-state index in [4.69, 9.17) is 0 Å². The first-order valence-electron chi connectivity index (χ1n) is 9.47. The molecule has 0 saturated heterocycles. The van der Waals surface area contributed by atoms with Crippen LogP contribution in [-0.2, 0) is 16.6 Å². The summed E-state index contributed by atoms with van der Waals surface area (Å²) < 4.78 is 4.59. The van der Waals surface area contributed by atoms with Crippen molar-refractivity contribution in [2.75, 3.05) is 7.11 Å². The molecule has 0 bridgehead atoms. The van der Waals surface area contributed by atoms with Gasteiger partial charge < -0.3 is 4.74 Å². The third-order valence-corrected chi connectivity index (χ3v) is 4.74. The largest absolute Gasteiger partial charge is 0.463 e. The van der Waals surface area contributed by atoms with Gasteiger partial charge in [-0.15, -0.1) is 0 Å². The molecule has 0 atom stereocenters. The second-order valence-electron chi connectivity index (χ2n) is 7.25. The van der Waals surface area contributed by atoms with Crippen molar-refractivity contribution in [2.45, 2.75) is 58.8 Å². The Balaban J connectivity index is 2.24. The van der Waals surface area contributed by atoms with Gasteiger partial charge in [-0.1, -0.05) is 58.4 Å². The average Bonchev–Trinajstić information content (AvgIpc) is 2.70. The summed E-state index contributed by atoms with van der Waals surface area (Å²) >= 11 is 0. The summed E-state index contributed by atoms with van der Waals surface area (Å²) in [6.07, 6.45) is 7.69. The second kappa shape index (κ2) is 9.32. The normalized spacial score (nSPS) is 10.9. The molecule has 0 N–H and O–H groups in total. The van der Waals surface area contributed by atoms with E-state index in [0.29, 0.717) is 5.56 Å². The highest BCUT2D eigenvalue weighted by Gasteiger charge is 2.22. The molecule has 142 valence electrons. The maximum absolute atomic E-state index is 11.4. The van der Waals surface area contributed by atoms with Gasteiger partial charge in [0.25, 0.3) is 0 Å². The molecular weight excluding hydrogens is 336 g/mol. The van der Waals surface area contributed by atoms with Crippen LogP contribution in [0.4, 0.5) is 0 Å². The van der Waals surface area contributed by atoms with Crippen molar-refractivity contribution in [3.05, 3.63) is 58.7 Å². The van der Waals surface area contributed by atoms with Crippen LogP contribution in [0.3, 0.4) is 0 Å². The fourth-order valence-corrected chi connectivity index (χ4v) is 3.11. The van der Waals surface area contributed by atoms with E-state index in [1.165, 1.54) is 49.9 Å². The molecule has 0 saturated carbocycles. The van der Waals surface area contributed by atoms with Crippen LogP contribution in [0, 0.1) is 11.8 Å². The number of aryl methyl sites for hydroxylation is 1. The molecule has 1 aromatic carbocycles. The third kappa shape index (κ3) is 5.40. The zero-order valence-electron chi connectivity index (χ0n) is 16.9. The maximum atomic E-state index is 11.4. The Morgan fingerprint density at radius 1 is 1.11 bits per heavy atom. The maximum Gasteiger partial charge on any atom is 0.376 e. The summed E-state index contributed by atoms with van der Waals surface area (Å²) in [6.45, 7) is 9.06. The van der Waals surface area contributed by atoms with Crippen LogP contribution in [0.2, 0.25) is 0 Å². The van der Waals surface area contributed by atoms with E-state index in [1.54, 1.807) is 0 Å². The van der Waals surface area contributed by atoms with Crippen molar-refractivity contribution >= 4 is 5.97 Å². The molecule has 0 fully saturated rings. The zero-order valence-corrected chi connectivity index (χ0v) is 16.9. The second-order valence-corrected chi connectivity index (χ2v) is 7.25. The number of carbonyl (C=O) groups is 1. The van der Waals surface area contributed by atoms with E-state index in [9.17, 15) is 4.79 Å². The van der Waals surface area contributed by atoms with Crippen LogP contribution in [0.15, 0.2) is 30.6 Å². The lowest BCUT2D eigenvalue weighted by atomic mass is 9.77. The molecule has 1 heterocycles. The number of methoxy groups -OCH3 is 1. The van der Waals surface area contributed by atoms with Crippen molar-refractivity contribution in [1.82, 2.24) is 9.97 Å². The molecule has 4 nitrogen and oxygen atoms in total. The Morgan fingerprint density at radius 3 is 2.37 bits per heavy atom. The molecule has 2 aromatic rings. The molecule has 4 heteroatoms. The van der Waals surface area contributed by atoms with Crippen molar-refractivity contribution in [3.63, 3.8) is 0 Å². The molecule has 0 aliphatic heterocycles. The summed E-state index contributed by atoms with van der Waals surface area (Å²) in [7, 11) is 1.30. The number of benzene rings is 1. The van der Waals surface area contributed by atoms with Crippen LogP contribution >= 0.6 is 0 Å². The quantitative estimate of drug-likeness (QED) is 0.551. The topological polar surface area (TPSA) is 52.1 Å². The third-order valence-electron chi connectivity index (χ3n) is 4.74. The van der Waals surface area contributed by atoms with E-state index in [0.717, 1.165) is 12.0 Å². The first-order valence-corrected chi connectivity index (χ1v) is 9.47. The number of carbonyl (C=O) groups excluding carboxylic acids is 1. The number of unbranched alkanes of at least 4 members (excludes halogenated alkanes) is 1. The molecule has 0 unspecified atom stereocenters. The minimum Gasteiger partial charge on any atom is -0.463 e. The van der Waals surface area contributed by atoms with Gasteiger partial charge in [-0.2, -0.15) is 0 Å². The highest BCUT2D eigenvalue weighted by molar-refractivity contribution is 5.84. The molecule has 0 radical (unpaired) electrons. The molecular formula is C23H28N2O2. The number of hydrogen-bond acceptors (Lipinski definition) is 4. The van der Waals surface area contributed by atoms with E-state index in [2.05, 4.69) is 72.4 Å². The summed E-state index contributed by atoms with van der Waals surface area (Å²) in [4.78, 5) is 19.3. The van der Waals surface area contributed by atoms with Gasteiger partial charge in [0.15, 0.2) is 0 Å². The molecule has 0 aliphatic carbocycles. The SMILES string of the molecule is CCCCC(C)(C)c1ccc(C#Cc2cnc(C(=O)OC)nc2)cc1CC. The smallest absolute Gasteiger partial charge is 0.376 e. The summed E-state index contributed by atoms with van der Waals surface area (Å²) in [5.41, 5.74) is 4.56. The van der Waals surface area contributed by atoms with Crippen LogP contribution in [0.25, 0.3) is 0 Å². The van der Waals surface area contributed by atoms with Gasteiger partial charge in [0.2, 0.25) is 5.82 Å². The lowest BCUT2D eigenvalue weighted by Gasteiger charge is -2.28. The number of rotatable bonds is 6. The molecule has 0 spiro atoms. The summed E-state index contributed by atoms with van der Waals surface area (Å²) in [5, 5.41) is 0. The van der Waals surface area contributed by atoms with Crippen molar-refractivity contribution < 1.29 is 9.53 Å². The first kappa shape index (κ1) is 20.6. The predicted molar refractivity (Wildman–Crippen MR) is 108 cm³/mol. The molecule has 27 heavy (non-hydrogen) atoms. The van der Waals surface area contributed by atoms with E-state index < -0.39 is 5.97 Å². The predicted octanol–water partition coefficient (Wildman–Crippen LogP) is 4.69. The van der Waals surface area contributed by atoms with Crippen molar-refractivity contribution in [1.29, 1.82) is 0 Å². The van der Waals surface area contributed by atoms with E-state index in [1.807, 2.05) is 0 Å². The number of aromatic nitrogens is 2. The fourth-order valence-electron chi connectivity index (χ4n) is 3.11. The summed E-state index contributed by atoms with van der Waals surface area (Å²) in [6, 6.07) is 6.48. The zero-order chi connectivity index (χ0) is 19.9. The highest BCUT2D eigenvalue weighted by atomic mass is 16.5. The number of hydrogen-bond donors (Lipinski definition) is 0. The Morgan fingerprint density at radius 2 is 1.78 bits per heavy atom. The Labute approximate surface area is 162 Å².